The maximum absolute atomic E-state index is 12.8. The van der Waals surface area contributed by atoms with E-state index in [1.165, 1.54) is 0 Å². The number of aliphatic imine (C=N–C) groups is 1. The van der Waals surface area contributed by atoms with Gasteiger partial charge in [-0.05, 0) is 31.6 Å². The molecule has 0 aliphatic heterocycles. The van der Waals surface area contributed by atoms with Crippen molar-refractivity contribution in [2.45, 2.75) is 64.1 Å². The zero-order chi connectivity index (χ0) is 25.6. The molecule has 33 heavy (non-hydrogen) atoms. The molecule has 4 amide bonds. The highest BCUT2D eigenvalue weighted by Gasteiger charge is 2.30. The van der Waals surface area contributed by atoms with Gasteiger partial charge in [-0.2, -0.15) is 0 Å². The van der Waals surface area contributed by atoms with Gasteiger partial charge in [0.25, 0.3) is 0 Å². The van der Waals surface area contributed by atoms with Gasteiger partial charge < -0.3 is 44.0 Å². The molecular weight excluding hydrogens is 436 g/mol. The zero-order valence-electron chi connectivity index (χ0n) is 19.0. The normalized spacial score (nSPS) is 13.3. The molecule has 0 aliphatic rings. The minimum absolute atomic E-state index is 0.0334. The van der Waals surface area contributed by atoms with Gasteiger partial charge in [-0.15, -0.1) is 0 Å². The highest BCUT2D eigenvalue weighted by Crippen LogP contribution is 2.08. The number of carbonyl (C=O) groups excluding carboxylic acids is 4. The van der Waals surface area contributed by atoms with Crippen LogP contribution in [0.4, 0.5) is 0 Å². The van der Waals surface area contributed by atoms with Crippen LogP contribution < -0.4 is 38.9 Å². The molecule has 0 heterocycles. The van der Waals surface area contributed by atoms with E-state index in [0.29, 0.717) is 6.42 Å². The summed E-state index contributed by atoms with van der Waals surface area (Å²) in [5.41, 5.74) is 20.9. The van der Waals surface area contributed by atoms with Gasteiger partial charge in [0.15, 0.2) is 5.96 Å². The van der Waals surface area contributed by atoms with E-state index in [2.05, 4.69) is 20.9 Å². The maximum atomic E-state index is 12.8. The van der Waals surface area contributed by atoms with Crippen molar-refractivity contribution in [1.29, 1.82) is 0 Å². The van der Waals surface area contributed by atoms with Crippen LogP contribution in [-0.2, 0) is 24.0 Å². The lowest BCUT2D eigenvalue weighted by Crippen LogP contribution is -2.56. The summed E-state index contributed by atoms with van der Waals surface area (Å²) in [5.74, 6) is -4.15. The molecule has 0 aliphatic carbocycles. The van der Waals surface area contributed by atoms with Gasteiger partial charge in [-0.25, -0.2) is 4.79 Å². The number of hydrogen-bond acceptors (Lipinski definition) is 7. The Morgan fingerprint density at radius 1 is 0.879 bits per heavy atom. The van der Waals surface area contributed by atoms with Gasteiger partial charge in [0.1, 0.15) is 18.1 Å². The molecule has 0 aromatic carbocycles. The number of nitrogens with two attached hydrogens (primary N) is 4. The molecular formula is C19H36N8O6. The van der Waals surface area contributed by atoms with Crippen molar-refractivity contribution in [2.24, 2.45) is 33.8 Å². The highest BCUT2D eigenvalue weighted by molar-refractivity contribution is 5.93. The van der Waals surface area contributed by atoms with Crippen LogP contribution >= 0.6 is 0 Å². The number of nitrogens with one attached hydrogen (secondary N) is 3. The topological polar surface area (TPSA) is 258 Å². The highest BCUT2D eigenvalue weighted by atomic mass is 16.4. The van der Waals surface area contributed by atoms with Crippen LogP contribution in [0.1, 0.15) is 46.0 Å². The van der Waals surface area contributed by atoms with E-state index in [4.69, 9.17) is 22.9 Å². The first kappa shape index (κ1) is 29.6. The number of nitrogens with zero attached hydrogens (tertiary/aromatic N) is 1. The number of amides is 4. The third kappa shape index (κ3) is 13.6. The largest absolute Gasteiger partial charge is 0.480 e. The van der Waals surface area contributed by atoms with Crippen LogP contribution in [0.3, 0.4) is 0 Å². The van der Waals surface area contributed by atoms with Gasteiger partial charge in [-0.1, -0.05) is 13.8 Å². The first-order valence-corrected chi connectivity index (χ1v) is 10.5. The minimum Gasteiger partial charge on any atom is -0.480 e. The summed E-state index contributed by atoms with van der Waals surface area (Å²) in [4.78, 5) is 63.6. The Morgan fingerprint density at radius 3 is 1.94 bits per heavy atom. The minimum atomic E-state index is -1.36. The van der Waals surface area contributed by atoms with Gasteiger partial charge in [0, 0.05) is 13.0 Å². The number of hydrogen-bond donors (Lipinski definition) is 8. The third-order valence-corrected chi connectivity index (χ3v) is 4.42. The van der Waals surface area contributed by atoms with Crippen LogP contribution in [0.25, 0.3) is 0 Å². The van der Waals surface area contributed by atoms with E-state index < -0.39 is 47.7 Å². The average Bonchev–Trinajstić information content (AvgIpc) is 2.71. The fraction of sp³-hybridized carbons (Fsp3) is 0.684. The van der Waals surface area contributed by atoms with Gasteiger partial charge in [0.05, 0.1) is 6.54 Å². The van der Waals surface area contributed by atoms with E-state index in [1.807, 2.05) is 13.8 Å². The molecule has 0 radical (unpaired) electrons. The second-order valence-electron chi connectivity index (χ2n) is 7.87. The molecule has 0 spiro atoms. The first-order valence-electron chi connectivity index (χ1n) is 10.5. The quantitative estimate of drug-likeness (QED) is 0.0639. The fourth-order valence-electron chi connectivity index (χ4n) is 2.82. The molecule has 3 unspecified atom stereocenters. The third-order valence-electron chi connectivity index (χ3n) is 4.42. The monoisotopic (exact) mass is 472 g/mol. The Labute approximate surface area is 192 Å². The van der Waals surface area contributed by atoms with E-state index >= 15 is 0 Å². The summed E-state index contributed by atoms with van der Waals surface area (Å²) in [5, 5.41) is 16.7. The second kappa shape index (κ2) is 15.4. The lowest BCUT2D eigenvalue weighted by molar-refractivity contribution is -0.142. The molecule has 0 saturated heterocycles. The molecule has 3 atom stereocenters. The van der Waals surface area contributed by atoms with Crippen molar-refractivity contribution < 1.29 is 29.1 Å². The van der Waals surface area contributed by atoms with Gasteiger partial charge >= 0.3 is 5.97 Å². The van der Waals surface area contributed by atoms with E-state index in [9.17, 15) is 29.1 Å². The Kier molecular flexibility index (Phi) is 13.8. The SMILES string of the molecule is CC(C)CC(NC(=O)C(CCCN=C(N)N)NC(=O)CN)C(=O)NC(CCC(N)=O)C(=O)O. The number of carboxylic acid groups (broad SMARTS) is 1. The second-order valence-corrected chi connectivity index (χ2v) is 7.87. The molecule has 14 heteroatoms. The standard InChI is InChI=1S/C19H36N8O6/c1-10(2)8-13(17(31)26-12(18(32)33)5-6-14(21)28)27-16(30)11(25-15(29)9-20)4-3-7-24-19(22)23/h10-13H,3-9,20H2,1-2H3,(H2,21,28)(H,25,29)(H,26,31)(H,27,30)(H,32,33)(H4,22,23,24). The average molecular weight is 473 g/mol. The molecule has 0 bridgehead atoms. The Balaban J connectivity index is 5.39. The summed E-state index contributed by atoms with van der Waals surface area (Å²) < 4.78 is 0. The number of guanidine groups is 1. The van der Waals surface area contributed by atoms with Crippen molar-refractivity contribution in [2.75, 3.05) is 13.1 Å². The van der Waals surface area contributed by atoms with Crippen LogP contribution in [0.5, 0.6) is 0 Å². The number of carboxylic acids is 1. The Morgan fingerprint density at radius 2 is 1.45 bits per heavy atom. The lowest BCUT2D eigenvalue weighted by Gasteiger charge is -2.25. The molecule has 14 nitrogen and oxygen atoms in total. The maximum Gasteiger partial charge on any atom is 0.326 e. The number of rotatable bonds is 16. The predicted molar refractivity (Wildman–Crippen MR) is 120 cm³/mol. The summed E-state index contributed by atoms with van der Waals surface area (Å²) in [7, 11) is 0. The number of carbonyl (C=O) groups is 5. The van der Waals surface area contributed by atoms with Gasteiger partial charge in [-0.3, -0.25) is 24.2 Å². The molecule has 12 N–H and O–H groups in total. The fourth-order valence-corrected chi connectivity index (χ4v) is 2.82. The number of primary amides is 1. The molecule has 0 aromatic rings. The molecule has 0 saturated carbocycles. The Bertz CT molecular complexity index is 723. The van der Waals surface area contributed by atoms with Crippen LogP contribution in [0.15, 0.2) is 4.99 Å². The van der Waals surface area contributed by atoms with E-state index in [0.717, 1.165) is 0 Å². The van der Waals surface area contributed by atoms with E-state index in [1.54, 1.807) is 0 Å². The summed E-state index contributed by atoms with van der Waals surface area (Å²) in [6.07, 6.45) is 0.294. The predicted octanol–water partition coefficient (Wildman–Crippen LogP) is -3.15. The first-order chi connectivity index (χ1) is 15.4. The smallest absolute Gasteiger partial charge is 0.326 e. The van der Waals surface area contributed by atoms with Crippen LogP contribution in [-0.4, -0.2) is 71.9 Å². The van der Waals surface area contributed by atoms with Crippen molar-refractivity contribution in [1.82, 2.24) is 16.0 Å². The van der Waals surface area contributed by atoms with Crippen LogP contribution in [0.2, 0.25) is 0 Å². The zero-order valence-corrected chi connectivity index (χ0v) is 19.0. The molecule has 188 valence electrons. The summed E-state index contributed by atoms with van der Waals surface area (Å²) >= 11 is 0. The van der Waals surface area contributed by atoms with Crippen molar-refractivity contribution in [3.8, 4) is 0 Å². The molecule has 0 rings (SSSR count). The van der Waals surface area contributed by atoms with Crippen molar-refractivity contribution in [3.05, 3.63) is 0 Å². The molecule has 0 fully saturated rings. The molecule has 0 aromatic heterocycles. The van der Waals surface area contributed by atoms with Crippen LogP contribution in [0, 0.1) is 5.92 Å². The summed E-state index contributed by atoms with van der Waals surface area (Å²) in [6, 6.07) is -3.45. The van der Waals surface area contributed by atoms with Crippen molar-refractivity contribution in [3.63, 3.8) is 0 Å². The van der Waals surface area contributed by atoms with E-state index in [-0.39, 0.29) is 50.7 Å². The Hall–Kier alpha value is -3.42. The van der Waals surface area contributed by atoms with Crippen molar-refractivity contribution >= 4 is 35.6 Å². The lowest BCUT2D eigenvalue weighted by atomic mass is 10.0. The number of aliphatic carboxylic acids is 1. The summed E-state index contributed by atoms with van der Waals surface area (Å²) in [6.45, 7) is 3.52. The van der Waals surface area contributed by atoms with Gasteiger partial charge in [0.2, 0.25) is 23.6 Å².